The van der Waals surface area contributed by atoms with Gasteiger partial charge in [-0.15, -0.1) is 11.3 Å². The van der Waals surface area contributed by atoms with E-state index in [1.165, 1.54) is 0 Å². The number of nitrogens with one attached hydrogen (secondary N) is 1. The van der Waals surface area contributed by atoms with E-state index in [0.29, 0.717) is 12.6 Å². The van der Waals surface area contributed by atoms with Crippen molar-refractivity contribution in [2.24, 2.45) is 0 Å². The lowest BCUT2D eigenvalue weighted by atomic mass is 10.2. The largest absolute Gasteiger partial charge is 0.383 e. The summed E-state index contributed by atoms with van der Waals surface area (Å²) < 4.78 is 6.34. The summed E-state index contributed by atoms with van der Waals surface area (Å²) in [4.78, 5) is 8.55. The van der Waals surface area contributed by atoms with Crippen molar-refractivity contribution in [1.82, 2.24) is 9.97 Å². The summed E-state index contributed by atoms with van der Waals surface area (Å²) in [7, 11) is 1.73. The molecule has 2 heterocycles. The van der Waals surface area contributed by atoms with Crippen LogP contribution in [0.15, 0.2) is 17.8 Å². The molecule has 0 aliphatic carbocycles. The van der Waals surface area contributed by atoms with Crippen LogP contribution in [0.4, 0.5) is 5.82 Å². The molecular weight excluding hydrogens is 234 g/mol. The average Bonchev–Trinajstić information content (AvgIpc) is 2.79. The van der Waals surface area contributed by atoms with E-state index in [9.17, 15) is 0 Å². The predicted octanol–water partition coefficient (Wildman–Crippen LogP) is 2.92. The zero-order valence-electron chi connectivity index (χ0n) is 10.1. The predicted molar refractivity (Wildman–Crippen MR) is 71.6 cm³/mol. The summed E-state index contributed by atoms with van der Waals surface area (Å²) in [6.45, 7) is 2.87. The number of fused-ring (bicyclic) bond motifs is 1. The van der Waals surface area contributed by atoms with E-state index in [-0.39, 0.29) is 0 Å². The van der Waals surface area contributed by atoms with Gasteiger partial charge < -0.3 is 10.1 Å². The van der Waals surface area contributed by atoms with Crippen molar-refractivity contribution in [2.45, 2.75) is 25.8 Å². The standard InChI is InChI=1S/C12H17N3OS/c1-3-4-9(7-16-2)15-12-11-10(5-6-17-11)13-8-14-12/h5-6,8-9H,3-4,7H2,1-2H3,(H,13,14,15). The summed E-state index contributed by atoms with van der Waals surface area (Å²) in [5, 5.41) is 5.48. The summed E-state index contributed by atoms with van der Waals surface area (Å²) in [6, 6.07) is 2.32. The van der Waals surface area contributed by atoms with Gasteiger partial charge >= 0.3 is 0 Å². The zero-order chi connectivity index (χ0) is 12.1. The lowest BCUT2D eigenvalue weighted by Gasteiger charge is -2.17. The Labute approximate surface area is 105 Å². The fourth-order valence-electron chi connectivity index (χ4n) is 1.83. The molecule has 2 rings (SSSR count). The summed E-state index contributed by atoms with van der Waals surface area (Å²) in [6.07, 6.45) is 3.80. The topological polar surface area (TPSA) is 47.0 Å². The van der Waals surface area contributed by atoms with E-state index in [4.69, 9.17) is 4.74 Å². The van der Waals surface area contributed by atoms with Crippen molar-refractivity contribution in [3.63, 3.8) is 0 Å². The lowest BCUT2D eigenvalue weighted by Crippen LogP contribution is -2.25. The van der Waals surface area contributed by atoms with Gasteiger partial charge in [-0.25, -0.2) is 9.97 Å². The van der Waals surface area contributed by atoms with Gasteiger partial charge in [-0.3, -0.25) is 0 Å². The second-order valence-corrected chi connectivity index (χ2v) is 4.86. The summed E-state index contributed by atoms with van der Waals surface area (Å²) in [5.74, 6) is 0.917. The fraction of sp³-hybridized carbons (Fsp3) is 0.500. The number of aromatic nitrogens is 2. The maximum absolute atomic E-state index is 5.22. The highest BCUT2D eigenvalue weighted by Gasteiger charge is 2.11. The molecule has 0 saturated heterocycles. The Morgan fingerprint density at radius 1 is 1.47 bits per heavy atom. The monoisotopic (exact) mass is 251 g/mol. The van der Waals surface area contributed by atoms with Crippen molar-refractivity contribution in [3.8, 4) is 0 Å². The summed E-state index contributed by atoms with van der Waals surface area (Å²) in [5.41, 5.74) is 1.00. The minimum Gasteiger partial charge on any atom is -0.383 e. The third-order valence-electron chi connectivity index (χ3n) is 2.59. The molecule has 0 radical (unpaired) electrons. The summed E-state index contributed by atoms with van der Waals surface area (Å²) >= 11 is 1.66. The lowest BCUT2D eigenvalue weighted by molar-refractivity contribution is 0.182. The number of ether oxygens (including phenoxy) is 1. The Bertz CT molecular complexity index is 465. The normalized spacial score (nSPS) is 12.8. The fourth-order valence-corrected chi connectivity index (χ4v) is 2.63. The van der Waals surface area contributed by atoms with Gasteiger partial charge in [0.1, 0.15) is 12.1 Å². The van der Waals surface area contributed by atoms with Crippen LogP contribution in [0, 0.1) is 0 Å². The number of methoxy groups -OCH3 is 1. The van der Waals surface area contributed by atoms with Gasteiger partial charge in [0.25, 0.3) is 0 Å². The Balaban J connectivity index is 2.18. The molecule has 0 amide bonds. The molecule has 5 heteroatoms. The van der Waals surface area contributed by atoms with Gasteiger partial charge in [0.15, 0.2) is 0 Å². The van der Waals surface area contributed by atoms with E-state index in [1.807, 2.05) is 11.4 Å². The molecule has 0 aromatic carbocycles. The Morgan fingerprint density at radius 3 is 3.12 bits per heavy atom. The van der Waals surface area contributed by atoms with E-state index in [0.717, 1.165) is 28.9 Å². The van der Waals surface area contributed by atoms with Crippen molar-refractivity contribution in [2.75, 3.05) is 19.0 Å². The average molecular weight is 251 g/mol. The number of thiophene rings is 1. The maximum atomic E-state index is 5.22. The molecule has 0 aliphatic heterocycles. The van der Waals surface area contributed by atoms with E-state index < -0.39 is 0 Å². The molecule has 2 aromatic heterocycles. The molecule has 0 spiro atoms. The number of hydrogen-bond acceptors (Lipinski definition) is 5. The van der Waals surface area contributed by atoms with Crippen LogP contribution >= 0.6 is 11.3 Å². The number of hydrogen-bond donors (Lipinski definition) is 1. The molecule has 0 aliphatic rings. The molecule has 92 valence electrons. The van der Waals surface area contributed by atoms with Crippen molar-refractivity contribution in [1.29, 1.82) is 0 Å². The SMILES string of the molecule is CCCC(COC)Nc1ncnc2ccsc12. The van der Waals surface area contributed by atoms with Crippen molar-refractivity contribution in [3.05, 3.63) is 17.8 Å². The third kappa shape index (κ3) is 2.92. The molecule has 0 fully saturated rings. The van der Waals surface area contributed by atoms with Crippen LogP contribution in [0.1, 0.15) is 19.8 Å². The van der Waals surface area contributed by atoms with Gasteiger partial charge in [-0.1, -0.05) is 13.3 Å². The van der Waals surface area contributed by atoms with E-state index in [2.05, 4.69) is 22.2 Å². The molecule has 1 N–H and O–H groups in total. The smallest absolute Gasteiger partial charge is 0.147 e. The number of anilines is 1. The number of rotatable bonds is 6. The first kappa shape index (κ1) is 12.3. The highest BCUT2D eigenvalue weighted by molar-refractivity contribution is 7.17. The van der Waals surface area contributed by atoms with Crippen LogP contribution in [0.5, 0.6) is 0 Å². The van der Waals surface area contributed by atoms with E-state index >= 15 is 0 Å². The van der Waals surface area contributed by atoms with Crippen LogP contribution in [0.3, 0.4) is 0 Å². The van der Waals surface area contributed by atoms with Crippen LogP contribution in [-0.4, -0.2) is 29.7 Å². The molecule has 0 saturated carbocycles. The minimum atomic E-state index is 0.310. The molecule has 2 aromatic rings. The second-order valence-electron chi connectivity index (χ2n) is 3.94. The second kappa shape index (κ2) is 5.93. The maximum Gasteiger partial charge on any atom is 0.147 e. The Kier molecular flexibility index (Phi) is 4.28. The van der Waals surface area contributed by atoms with Crippen LogP contribution < -0.4 is 5.32 Å². The van der Waals surface area contributed by atoms with Gasteiger partial charge in [-0.05, 0) is 17.9 Å². The molecule has 4 nitrogen and oxygen atoms in total. The highest BCUT2D eigenvalue weighted by Crippen LogP contribution is 2.25. The van der Waals surface area contributed by atoms with Gasteiger partial charge in [0.05, 0.1) is 22.9 Å². The first-order valence-corrected chi connectivity index (χ1v) is 6.66. The third-order valence-corrected chi connectivity index (χ3v) is 3.50. The van der Waals surface area contributed by atoms with Crippen molar-refractivity contribution < 1.29 is 4.74 Å². The van der Waals surface area contributed by atoms with Crippen LogP contribution in [0.2, 0.25) is 0 Å². The molecule has 1 atom stereocenters. The first-order valence-electron chi connectivity index (χ1n) is 5.78. The highest BCUT2D eigenvalue weighted by atomic mass is 32.1. The Morgan fingerprint density at radius 2 is 2.35 bits per heavy atom. The van der Waals surface area contributed by atoms with E-state index in [1.54, 1.807) is 24.8 Å². The van der Waals surface area contributed by atoms with Gasteiger partial charge in [-0.2, -0.15) is 0 Å². The minimum absolute atomic E-state index is 0.310. The van der Waals surface area contributed by atoms with Crippen LogP contribution in [-0.2, 0) is 4.74 Å². The molecule has 17 heavy (non-hydrogen) atoms. The van der Waals surface area contributed by atoms with Gasteiger partial charge in [0.2, 0.25) is 0 Å². The molecular formula is C12H17N3OS. The van der Waals surface area contributed by atoms with Crippen molar-refractivity contribution >= 4 is 27.4 Å². The first-order chi connectivity index (χ1) is 8.35. The number of nitrogens with zero attached hydrogens (tertiary/aromatic N) is 2. The quantitative estimate of drug-likeness (QED) is 0.857. The van der Waals surface area contributed by atoms with Crippen LogP contribution in [0.25, 0.3) is 10.2 Å². The zero-order valence-corrected chi connectivity index (χ0v) is 11.0. The molecule has 0 bridgehead atoms. The Hall–Kier alpha value is -1.20. The molecule has 1 unspecified atom stereocenters. The van der Waals surface area contributed by atoms with Gasteiger partial charge in [0, 0.05) is 7.11 Å².